The fraction of sp³-hybridized carbons (Fsp3) is 0.176. The molecule has 0 bridgehead atoms. The summed E-state index contributed by atoms with van der Waals surface area (Å²) in [7, 11) is 2.36. The Bertz CT molecular complexity index is 804. The summed E-state index contributed by atoms with van der Waals surface area (Å²) < 4.78 is 38.9. The van der Waals surface area contributed by atoms with Crippen molar-refractivity contribution in [3.63, 3.8) is 0 Å². The van der Waals surface area contributed by atoms with Crippen molar-refractivity contribution in [1.29, 1.82) is 0 Å². The predicted octanol–water partition coefficient (Wildman–Crippen LogP) is 3.54. The van der Waals surface area contributed by atoms with Crippen LogP contribution in [-0.4, -0.2) is 32.8 Å². The second-order valence-electron chi connectivity index (χ2n) is 4.81. The maximum absolute atomic E-state index is 12.4. The van der Waals surface area contributed by atoms with Gasteiger partial charge in [0, 0.05) is 10.7 Å². The number of nitrogens with zero attached hydrogens (tertiary/aromatic N) is 1. The van der Waals surface area contributed by atoms with E-state index in [1.165, 1.54) is 49.6 Å². The van der Waals surface area contributed by atoms with Gasteiger partial charge < -0.3 is 19.1 Å². The molecule has 26 heavy (non-hydrogen) atoms. The van der Waals surface area contributed by atoms with E-state index in [1.54, 1.807) is 12.2 Å². The summed E-state index contributed by atoms with van der Waals surface area (Å²) in [4.78, 5) is 25.8. The molecule has 1 heterocycles. The lowest BCUT2D eigenvalue weighted by Crippen LogP contribution is -2.27. The van der Waals surface area contributed by atoms with Gasteiger partial charge in [0.1, 0.15) is 11.4 Å². The Balaban J connectivity index is 2.58. The van der Waals surface area contributed by atoms with E-state index in [4.69, 9.17) is 9.47 Å². The summed E-state index contributed by atoms with van der Waals surface area (Å²) in [5.74, 6) is -1.57. The fourth-order valence-corrected chi connectivity index (χ4v) is 2.76. The number of halogens is 3. The number of carbonyl (C=O) groups is 2. The van der Waals surface area contributed by atoms with Crippen LogP contribution in [0.5, 0.6) is 5.75 Å². The second kappa shape index (κ2) is 8.61. The van der Waals surface area contributed by atoms with Crippen LogP contribution in [0.25, 0.3) is 0 Å². The molecule has 0 spiro atoms. The lowest BCUT2D eigenvalue weighted by molar-refractivity contribution is -0.139. The van der Waals surface area contributed by atoms with Gasteiger partial charge in [0.15, 0.2) is 0 Å². The summed E-state index contributed by atoms with van der Waals surface area (Å²) in [5.41, 5.74) is 0.283. The van der Waals surface area contributed by atoms with Gasteiger partial charge in [0.05, 0.1) is 25.5 Å². The van der Waals surface area contributed by atoms with Gasteiger partial charge in [0.2, 0.25) is 0 Å². The molecule has 1 aromatic carbocycles. The van der Waals surface area contributed by atoms with Crippen molar-refractivity contribution in [2.45, 2.75) is 6.61 Å². The van der Waals surface area contributed by atoms with Crippen LogP contribution >= 0.6 is 15.9 Å². The van der Waals surface area contributed by atoms with Crippen LogP contribution in [0.2, 0.25) is 0 Å². The molecule has 1 aliphatic rings. The van der Waals surface area contributed by atoms with Crippen LogP contribution in [0.3, 0.4) is 0 Å². The number of anilines is 1. The first-order valence-corrected chi connectivity index (χ1v) is 7.97. The van der Waals surface area contributed by atoms with Crippen molar-refractivity contribution in [2.75, 3.05) is 19.1 Å². The molecule has 0 N–H and O–H groups in total. The number of esters is 2. The molecule has 9 heteroatoms. The first-order valence-electron chi connectivity index (χ1n) is 7.18. The SMILES string of the molecule is COC(=O)C1=C(C(=O)OC)N(c2ccc(OC(F)F)cc2Br)C=CC=C1. The average molecular weight is 430 g/mol. The second-order valence-corrected chi connectivity index (χ2v) is 5.66. The van der Waals surface area contributed by atoms with Gasteiger partial charge in [-0.05, 0) is 46.3 Å². The highest BCUT2D eigenvalue weighted by atomic mass is 79.9. The van der Waals surface area contributed by atoms with Crippen LogP contribution in [0.1, 0.15) is 0 Å². The zero-order valence-corrected chi connectivity index (χ0v) is 15.3. The first-order chi connectivity index (χ1) is 12.4. The van der Waals surface area contributed by atoms with Crippen molar-refractivity contribution in [3.05, 3.63) is 58.4 Å². The molecule has 6 nitrogen and oxygen atoms in total. The summed E-state index contributed by atoms with van der Waals surface area (Å²) in [5, 5.41) is 0. The Kier molecular flexibility index (Phi) is 6.51. The summed E-state index contributed by atoms with van der Waals surface area (Å²) in [6.45, 7) is -2.97. The Hall–Kier alpha value is -2.68. The van der Waals surface area contributed by atoms with E-state index in [0.717, 1.165) is 0 Å². The fourth-order valence-electron chi connectivity index (χ4n) is 2.21. The van der Waals surface area contributed by atoms with E-state index >= 15 is 0 Å². The number of benzene rings is 1. The number of carbonyl (C=O) groups excluding carboxylic acids is 2. The van der Waals surface area contributed by atoms with Gasteiger partial charge in [-0.15, -0.1) is 0 Å². The number of ether oxygens (including phenoxy) is 3. The Labute approximate surface area is 156 Å². The van der Waals surface area contributed by atoms with Crippen LogP contribution in [0.4, 0.5) is 14.5 Å². The monoisotopic (exact) mass is 429 g/mol. The molecule has 0 amide bonds. The van der Waals surface area contributed by atoms with Crippen LogP contribution in [0.15, 0.2) is 58.4 Å². The molecule has 138 valence electrons. The number of hydrogen-bond donors (Lipinski definition) is 0. The van der Waals surface area contributed by atoms with E-state index in [2.05, 4.69) is 20.7 Å². The minimum atomic E-state index is -2.97. The molecular weight excluding hydrogens is 416 g/mol. The van der Waals surface area contributed by atoms with Gasteiger partial charge in [-0.25, -0.2) is 9.59 Å². The number of allylic oxidation sites excluding steroid dienone is 2. The maximum Gasteiger partial charge on any atom is 0.387 e. The highest BCUT2D eigenvalue weighted by Crippen LogP contribution is 2.35. The number of rotatable bonds is 5. The average Bonchev–Trinajstić information content (AvgIpc) is 2.82. The number of methoxy groups -OCH3 is 2. The minimum Gasteiger partial charge on any atom is -0.465 e. The van der Waals surface area contributed by atoms with E-state index in [0.29, 0.717) is 10.2 Å². The van der Waals surface area contributed by atoms with Crippen LogP contribution in [0, 0.1) is 0 Å². The lowest BCUT2D eigenvalue weighted by Gasteiger charge is -2.24. The smallest absolute Gasteiger partial charge is 0.387 e. The van der Waals surface area contributed by atoms with Crippen molar-refractivity contribution in [3.8, 4) is 5.75 Å². The normalized spacial score (nSPS) is 13.7. The number of hydrogen-bond acceptors (Lipinski definition) is 6. The highest BCUT2D eigenvalue weighted by molar-refractivity contribution is 9.10. The molecule has 0 saturated carbocycles. The van der Waals surface area contributed by atoms with Gasteiger partial charge in [0.25, 0.3) is 0 Å². The zero-order chi connectivity index (χ0) is 19.3. The van der Waals surface area contributed by atoms with Gasteiger partial charge >= 0.3 is 18.6 Å². The molecule has 0 radical (unpaired) electrons. The summed E-state index contributed by atoms with van der Waals surface area (Å²) >= 11 is 3.26. The molecule has 0 saturated heterocycles. The Morgan fingerprint density at radius 3 is 2.38 bits per heavy atom. The zero-order valence-electron chi connectivity index (χ0n) is 13.7. The lowest BCUT2D eigenvalue weighted by atomic mass is 10.1. The molecule has 0 aromatic heterocycles. The third-order valence-electron chi connectivity index (χ3n) is 3.29. The largest absolute Gasteiger partial charge is 0.465 e. The summed E-state index contributed by atoms with van der Waals surface area (Å²) in [6.07, 6.45) is 6.08. The maximum atomic E-state index is 12.4. The van der Waals surface area contributed by atoms with Crippen molar-refractivity contribution >= 4 is 33.6 Å². The van der Waals surface area contributed by atoms with Crippen LogP contribution in [-0.2, 0) is 19.1 Å². The molecule has 1 aromatic rings. The van der Waals surface area contributed by atoms with E-state index < -0.39 is 18.6 Å². The quantitative estimate of drug-likeness (QED) is 0.667. The Morgan fingerprint density at radius 1 is 1.12 bits per heavy atom. The van der Waals surface area contributed by atoms with Crippen molar-refractivity contribution < 1.29 is 32.6 Å². The van der Waals surface area contributed by atoms with Gasteiger partial charge in [-0.2, -0.15) is 8.78 Å². The van der Waals surface area contributed by atoms with Crippen LogP contribution < -0.4 is 9.64 Å². The molecule has 2 rings (SSSR count). The van der Waals surface area contributed by atoms with E-state index in [9.17, 15) is 18.4 Å². The third kappa shape index (κ3) is 4.29. The molecule has 0 unspecified atom stereocenters. The highest BCUT2D eigenvalue weighted by Gasteiger charge is 2.28. The van der Waals surface area contributed by atoms with Crippen molar-refractivity contribution in [2.24, 2.45) is 0 Å². The predicted molar refractivity (Wildman–Crippen MR) is 92.6 cm³/mol. The molecule has 0 aliphatic carbocycles. The molecule has 0 atom stereocenters. The molecular formula is C17H14BrF2NO5. The molecule has 0 fully saturated rings. The molecule has 1 aliphatic heterocycles. The van der Waals surface area contributed by atoms with Crippen molar-refractivity contribution in [1.82, 2.24) is 0 Å². The minimum absolute atomic E-state index is 0.0239. The van der Waals surface area contributed by atoms with Gasteiger partial charge in [-0.1, -0.05) is 6.08 Å². The van der Waals surface area contributed by atoms with E-state index in [-0.39, 0.29) is 17.0 Å². The van der Waals surface area contributed by atoms with Gasteiger partial charge in [-0.3, -0.25) is 0 Å². The first kappa shape index (κ1) is 19.6. The topological polar surface area (TPSA) is 65.1 Å². The third-order valence-corrected chi connectivity index (χ3v) is 3.93. The number of alkyl halides is 2. The summed E-state index contributed by atoms with van der Waals surface area (Å²) in [6, 6.07) is 4.08. The standard InChI is InChI=1S/C17H14BrF2NO5/c1-24-15(22)11-5-3-4-8-21(14(11)16(23)25-2)13-7-6-10(9-12(13)18)26-17(19)20/h3-9,17H,1-2H3. The van der Waals surface area contributed by atoms with E-state index in [1.807, 2.05) is 0 Å². The Morgan fingerprint density at radius 2 is 1.81 bits per heavy atom.